The highest BCUT2D eigenvalue weighted by Crippen LogP contribution is 2.27. The van der Waals surface area contributed by atoms with Crippen LogP contribution in [0.4, 0.5) is 11.4 Å². The predicted octanol–water partition coefficient (Wildman–Crippen LogP) is 3.51. The first-order valence-corrected chi connectivity index (χ1v) is 12.2. The lowest BCUT2D eigenvalue weighted by Crippen LogP contribution is -2.41. The van der Waals surface area contributed by atoms with Gasteiger partial charge in [0.1, 0.15) is 6.54 Å². The lowest BCUT2D eigenvalue weighted by Gasteiger charge is -2.25. The number of amides is 1. The summed E-state index contributed by atoms with van der Waals surface area (Å²) in [6.07, 6.45) is 6.08. The third kappa shape index (κ3) is 5.61. The van der Waals surface area contributed by atoms with Crippen molar-refractivity contribution in [3.63, 3.8) is 0 Å². The van der Waals surface area contributed by atoms with Crippen LogP contribution < -0.4 is 9.62 Å². The summed E-state index contributed by atoms with van der Waals surface area (Å²) in [6.45, 7) is 1.50. The van der Waals surface area contributed by atoms with E-state index < -0.39 is 27.4 Å². The number of carbonyl (C=O) groups excluding carboxylic acids is 1. The molecule has 9 heteroatoms. The van der Waals surface area contributed by atoms with E-state index in [1.165, 1.54) is 35.7 Å². The van der Waals surface area contributed by atoms with Gasteiger partial charge in [-0.05, 0) is 54.9 Å². The number of aryl methyl sites for hydroxylation is 2. The molecule has 1 aliphatic carbocycles. The number of nitro groups is 1. The normalized spacial score (nSPS) is 14.4. The van der Waals surface area contributed by atoms with Crippen LogP contribution in [-0.2, 0) is 27.7 Å². The second kappa shape index (κ2) is 9.47. The Kier molecular flexibility index (Phi) is 6.94. The number of non-ortho nitro benzene ring substituents is 1. The molecule has 2 aromatic rings. The van der Waals surface area contributed by atoms with E-state index in [2.05, 4.69) is 17.4 Å². The Balaban J connectivity index is 1.79. The number of hydrogen-bond acceptors (Lipinski definition) is 5. The average molecular weight is 446 g/mol. The van der Waals surface area contributed by atoms with Gasteiger partial charge in [-0.1, -0.05) is 31.2 Å². The van der Waals surface area contributed by atoms with Crippen LogP contribution in [0, 0.1) is 10.1 Å². The summed E-state index contributed by atoms with van der Waals surface area (Å²) in [4.78, 5) is 23.2. The third-order valence-corrected chi connectivity index (χ3v) is 6.68. The van der Waals surface area contributed by atoms with Crippen LogP contribution in [0.3, 0.4) is 0 Å². The Morgan fingerprint density at radius 1 is 1.16 bits per heavy atom. The van der Waals surface area contributed by atoms with Crippen molar-refractivity contribution in [2.24, 2.45) is 0 Å². The zero-order chi connectivity index (χ0) is 22.6. The smallest absolute Gasteiger partial charge is 0.271 e. The standard InChI is InChI=1S/C22H27N3O5S/c1-3-21(18-12-11-16-7-4-5-8-17(16)13-18)23-22(26)15-24(31(2,29)30)19-9-6-10-20(14-19)25(27)28/h6,9-14,21H,3-5,7-8,15H2,1-2H3,(H,23,26). The quantitative estimate of drug-likeness (QED) is 0.494. The van der Waals surface area contributed by atoms with Crippen molar-refractivity contribution in [2.75, 3.05) is 17.1 Å². The number of rotatable bonds is 8. The number of fused-ring (bicyclic) bond motifs is 1. The first-order chi connectivity index (χ1) is 14.7. The molecule has 1 N–H and O–H groups in total. The Labute approximate surface area is 182 Å². The van der Waals surface area contributed by atoms with E-state index in [1.807, 2.05) is 13.0 Å². The van der Waals surface area contributed by atoms with Crippen LogP contribution in [0.5, 0.6) is 0 Å². The topological polar surface area (TPSA) is 110 Å². The van der Waals surface area contributed by atoms with Gasteiger partial charge in [-0.25, -0.2) is 8.42 Å². The van der Waals surface area contributed by atoms with Crippen LogP contribution in [0.1, 0.15) is 48.9 Å². The second-order valence-electron chi connectivity index (χ2n) is 7.81. The van der Waals surface area contributed by atoms with Gasteiger partial charge in [0.25, 0.3) is 5.69 Å². The number of nitrogens with zero attached hydrogens (tertiary/aromatic N) is 2. The Bertz CT molecular complexity index is 1080. The molecule has 0 fully saturated rings. The fourth-order valence-electron chi connectivity index (χ4n) is 3.92. The summed E-state index contributed by atoms with van der Waals surface area (Å²) in [5.74, 6) is -0.471. The summed E-state index contributed by atoms with van der Waals surface area (Å²) >= 11 is 0. The lowest BCUT2D eigenvalue weighted by atomic mass is 9.89. The molecule has 0 bridgehead atoms. The number of hydrogen-bond donors (Lipinski definition) is 1. The second-order valence-corrected chi connectivity index (χ2v) is 9.72. The van der Waals surface area contributed by atoms with Gasteiger partial charge in [0, 0.05) is 12.1 Å². The summed E-state index contributed by atoms with van der Waals surface area (Å²) in [7, 11) is -3.82. The summed E-state index contributed by atoms with van der Waals surface area (Å²) in [5, 5.41) is 14.0. The van der Waals surface area contributed by atoms with Crippen molar-refractivity contribution < 1.29 is 18.1 Å². The number of sulfonamides is 1. The molecule has 0 aromatic heterocycles. The minimum atomic E-state index is -3.82. The molecule has 166 valence electrons. The van der Waals surface area contributed by atoms with E-state index in [-0.39, 0.29) is 17.4 Å². The average Bonchev–Trinajstić information content (AvgIpc) is 2.74. The van der Waals surface area contributed by atoms with Crippen molar-refractivity contribution in [3.05, 3.63) is 69.3 Å². The third-order valence-electron chi connectivity index (χ3n) is 5.53. The maximum absolute atomic E-state index is 12.8. The van der Waals surface area contributed by atoms with E-state index >= 15 is 0 Å². The molecule has 1 atom stereocenters. The van der Waals surface area contributed by atoms with E-state index in [1.54, 1.807) is 0 Å². The molecule has 0 aliphatic heterocycles. The monoisotopic (exact) mass is 445 g/mol. The van der Waals surface area contributed by atoms with Gasteiger partial charge in [0.2, 0.25) is 15.9 Å². The highest BCUT2D eigenvalue weighted by Gasteiger charge is 2.24. The Morgan fingerprint density at radius 3 is 2.52 bits per heavy atom. The van der Waals surface area contributed by atoms with Gasteiger partial charge in [0.15, 0.2) is 0 Å². The highest BCUT2D eigenvalue weighted by molar-refractivity contribution is 7.92. The number of anilines is 1. The molecule has 0 heterocycles. The largest absolute Gasteiger partial charge is 0.348 e. The van der Waals surface area contributed by atoms with Crippen LogP contribution in [0.15, 0.2) is 42.5 Å². The minimum absolute atomic E-state index is 0.0775. The van der Waals surface area contributed by atoms with Crippen LogP contribution in [0.25, 0.3) is 0 Å². The molecule has 2 aromatic carbocycles. The van der Waals surface area contributed by atoms with Gasteiger partial charge in [-0.3, -0.25) is 19.2 Å². The zero-order valence-corrected chi connectivity index (χ0v) is 18.5. The first kappa shape index (κ1) is 22.7. The van der Waals surface area contributed by atoms with Crippen LogP contribution in [-0.4, -0.2) is 32.0 Å². The van der Waals surface area contributed by atoms with Gasteiger partial charge in [0.05, 0.1) is 22.9 Å². The molecule has 3 rings (SSSR count). The molecule has 1 aliphatic rings. The number of benzene rings is 2. The van der Waals surface area contributed by atoms with Crippen molar-refractivity contribution in [1.82, 2.24) is 5.32 Å². The molecule has 31 heavy (non-hydrogen) atoms. The molecule has 0 radical (unpaired) electrons. The summed E-state index contributed by atoms with van der Waals surface area (Å²) in [6, 6.07) is 11.3. The van der Waals surface area contributed by atoms with Crippen molar-refractivity contribution >= 4 is 27.3 Å². The Morgan fingerprint density at radius 2 is 1.87 bits per heavy atom. The SMILES string of the molecule is CCC(NC(=O)CN(c1cccc([N+](=O)[O-])c1)S(C)(=O)=O)c1ccc2c(c1)CCCC2. The fourth-order valence-corrected chi connectivity index (χ4v) is 4.77. The van der Waals surface area contributed by atoms with E-state index in [4.69, 9.17) is 0 Å². The molecule has 1 unspecified atom stereocenters. The number of carbonyl (C=O) groups is 1. The maximum atomic E-state index is 12.8. The predicted molar refractivity (Wildman–Crippen MR) is 120 cm³/mol. The van der Waals surface area contributed by atoms with Gasteiger partial charge in [-0.2, -0.15) is 0 Å². The van der Waals surface area contributed by atoms with E-state index in [0.717, 1.165) is 41.5 Å². The first-order valence-electron chi connectivity index (χ1n) is 10.3. The van der Waals surface area contributed by atoms with Gasteiger partial charge in [-0.15, -0.1) is 0 Å². The summed E-state index contributed by atoms with van der Waals surface area (Å²) in [5.41, 5.74) is 3.49. The molecule has 8 nitrogen and oxygen atoms in total. The molecule has 1 amide bonds. The maximum Gasteiger partial charge on any atom is 0.271 e. The molecule has 0 spiro atoms. The highest BCUT2D eigenvalue weighted by atomic mass is 32.2. The fraction of sp³-hybridized carbons (Fsp3) is 0.409. The van der Waals surface area contributed by atoms with Crippen molar-refractivity contribution in [2.45, 2.75) is 45.1 Å². The van der Waals surface area contributed by atoms with E-state index in [9.17, 15) is 23.3 Å². The number of nitrogens with one attached hydrogen (secondary N) is 1. The Hall–Kier alpha value is -2.94. The minimum Gasteiger partial charge on any atom is -0.348 e. The molecule has 0 saturated heterocycles. The zero-order valence-electron chi connectivity index (χ0n) is 17.7. The van der Waals surface area contributed by atoms with E-state index in [0.29, 0.717) is 6.42 Å². The van der Waals surface area contributed by atoms with Gasteiger partial charge >= 0.3 is 0 Å². The van der Waals surface area contributed by atoms with Crippen LogP contribution in [0.2, 0.25) is 0 Å². The summed E-state index contributed by atoms with van der Waals surface area (Å²) < 4.78 is 25.5. The number of nitro benzene ring substituents is 1. The van der Waals surface area contributed by atoms with Crippen LogP contribution >= 0.6 is 0 Å². The van der Waals surface area contributed by atoms with Gasteiger partial charge < -0.3 is 5.32 Å². The molecule has 0 saturated carbocycles. The van der Waals surface area contributed by atoms with Crippen molar-refractivity contribution in [1.29, 1.82) is 0 Å². The molecular weight excluding hydrogens is 418 g/mol. The van der Waals surface area contributed by atoms with Crippen molar-refractivity contribution in [3.8, 4) is 0 Å². The lowest BCUT2D eigenvalue weighted by molar-refractivity contribution is -0.384. The molecular formula is C22H27N3O5S.